The van der Waals surface area contributed by atoms with Gasteiger partial charge in [0, 0.05) is 10.5 Å². The number of carbonyl (C=O) groups is 1. The maximum absolute atomic E-state index is 10.7. The van der Waals surface area contributed by atoms with E-state index in [2.05, 4.69) is 28.2 Å². The Balaban J connectivity index is 2.03. The molecule has 3 nitrogen and oxygen atoms in total. The third-order valence-electron chi connectivity index (χ3n) is 3.01. The van der Waals surface area contributed by atoms with Crippen molar-refractivity contribution in [3.8, 4) is 11.3 Å². The van der Waals surface area contributed by atoms with Gasteiger partial charge in [-0.25, -0.2) is 9.97 Å². The highest BCUT2D eigenvalue weighted by Crippen LogP contribution is 2.32. The molecule has 0 N–H and O–H groups in total. The van der Waals surface area contributed by atoms with Crippen molar-refractivity contribution in [2.24, 2.45) is 0 Å². The van der Waals surface area contributed by atoms with Gasteiger partial charge in [0.15, 0.2) is 6.29 Å². The Hall–Kier alpha value is -1.68. The molecule has 0 bridgehead atoms. The molecule has 90 valence electrons. The number of rotatable bonds is 2. The van der Waals surface area contributed by atoms with Gasteiger partial charge in [-0.1, -0.05) is 6.07 Å². The predicted octanol–water partition coefficient (Wildman–Crippen LogP) is 2.99. The molecule has 0 radical (unpaired) electrons. The summed E-state index contributed by atoms with van der Waals surface area (Å²) in [7, 11) is 0. The molecule has 0 fully saturated rings. The number of benzene rings is 1. The van der Waals surface area contributed by atoms with Crippen LogP contribution in [-0.2, 0) is 6.42 Å². The quantitative estimate of drug-likeness (QED) is 0.775. The minimum atomic E-state index is 0.423. The van der Waals surface area contributed by atoms with E-state index in [1.54, 1.807) is 6.07 Å². The fourth-order valence-electron chi connectivity index (χ4n) is 2.11. The second-order valence-electron chi connectivity index (χ2n) is 4.22. The van der Waals surface area contributed by atoms with Gasteiger partial charge in [-0.15, -0.1) is 11.8 Å². The first-order valence-electron chi connectivity index (χ1n) is 5.90. The highest BCUT2D eigenvalue weighted by Gasteiger charge is 2.11. The first-order chi connectivity index (χ1) is 8.86. The number of thioether (sulfide) groups is 1. The zero-order valence-corrected chi connectivity index (χ0v) is 10.6. The van der Waals surface area contributed by atoms with Crippen molar-refractivity contribution in [1.82, 2.24) is 9.97 Å². The molecular formula is C14H12N2OS. The summed E-state index contributed by atoms with van der Waals surface area (Å²) in [5.41, 5.74) is 3.68. The molecule has 0 atom stereocenters. The van der Waals surface area contributed by atoms with Crippen LogP contribution in [-0.4, -0.2) is 22.0 Å². The minimum Gasteiger partial charge on any atom is -0.296 e. The van der Waals surface area contributed by atoms with Crippen LogP contribution in [0.3, 0.4) is 0 Å². The summed E-state index contributed by atoms with van der Waals surface area (Å²) in [6.07, 6.45) is 4.54. The van der Waals surface area contributed by atoms with Crippen LogP contribution in [0.1, 0.15) is 22.5 Å². The van der Waals surface area contributed by atoms with Crippen molar-refractivity contribution in [3.05, 3.63) is 41.9 Å². The summed E-state index contributed by atoms with van der Waals surface area (Å²) >= 11 is 1.91. The van der Waals surface area contributed by atoms with Gasteiger partial charge in [-0.2, -0.15) is 0 Å². The second kappa shape index (κ2) is 4.90. The van der Waals surface area contributed by atoms with Crippen LogP contribution < -0.4 is 0 Å². The first-order valence-corrected chi connectivity index (χ1v) is 6.89. The molecular weight excluding hydrogens is 244 g/mol. The van der Waals surface area contributed by atoms with Crippen molar-refractivity contribution in [2.45, 2.75) is 17.7 Å². The van der Waals surface area contributed by atoms with E-state index in [0.717, 1.165) is 24.0 Å². The van der Waals surface area contributed by atoms with Gasteiger partial charge in [-0.3, -0.25) is 4.79 Å². The van der Waals surface area contributed by atoms with Crippen LogP contribution in [0.15, 0.2) is 35.5 Å². The molecule has 0 spiro atoms. The number of hydrogen-bond acceptors (Lipinski definition) is 4. The average molecular weight is 256 g/mol. The number of aromatic nitrogens is 2. The topological polar surface area (TPSA) is 42.9 Å². The number of carbonyl (C=O) groups excluding carboxylic acids is 1. The fraction of sp³-hybridized carbons (Fsp3) is 0.214. The van der Waals surface area contributed by atoms with Crippen molar-refractivity contribution in [3.63, 3.8) is 0 Å². The average Bonchev–Trinajstić information content (AvgIpc) is 2.47. The van der Waals surface area contributed by atoms with Gasteiger partial charge in [-0.05, 0) is 42.4 Å². The van der Waals surface area contributed by atoms with Crippen LogP contribution in [0.25, 0.3) is 11.3 Å². The van der Waals surface area contributed by atoms with Gasteiger partial charge in [0.25, 0.3) is 0 Å². The van der Waals surface area contributed by atoms with Gasteiger partial charge in [0.2, 0.25) is 0 Å². The lowest BCUT2D eigenvalue weighted by atomic mass is 10.0. The fourth-order valence-corrected chi connectivity index (χ4v) is 3.13. The predicted molar refractivity (Wildman–Crippen MR) is 71.9 cm³/mol. The zero-order chi connectivity index (χ0) is 12.4. The lowest BCUT2D eigenvalue weighted by Gasteiger charge is -2.15. The molecule has 0 amide bonds. The van der Waals surface area contributed by atoms with E-state index in [1.165, 1.54) is 29.0 Å². The molecule has 1 aromatic heterocycles. The number of aryl methyl sites for hydroxylation is 1. The molecule has 1 aromatic carbocycles. The van der Waals surface area contributed by atoms with E-state index in [-0.39, 0.29) is 0 Å². The van der Waals surface area contributed by atoms with E-state index in [1.807, 2.05) is 11.8 Å². The Morgan fingerprint density at radius 1 is 1.22 bits per heavy atom. The van der Waals surface area contributed by atoms with Crippen LogP contribution in [0.4, 0.5) is 0 Å². The molecule has 1 aliphatic heterocycles. The number of hydrogen-bond donors (Lipinski definition) is 0. The number of aldehydes is 1. The van der Waals surface area contributed by atoms with Gasteiger partial charge in [0.1, 0.15) is 12.0 Å². The van der Waals surface area contributed by atoms with E-state index < -0.39 is 0 Å². The SMILES string of the molecule is O=Cc1cc(-c2ccc3c(c2)CCCS3)ncn1. The molecule has 0 aliphatic carbocycles. The summed E-state index contributed by atoms with van der Waals surface area (Å²) in [5.74, 6) is 1.20. The van der Waals surface area contributed by atoms with Gasteiger partial charge >= 0.3 is 0 Å². The van der Waals surface area contributed by atoms with E-state index >= 15 is 0 Å². The lowest BCUT2D eigenvalue weighted by Crippen LogP contribution is -1.99. The van der Waals surface area contributed by atoms with Crippen LogP contribution in [0.2, 0.25) is 0 Å². The van der Waals surface area contributed by atoms with Crippen LogP contribution in [0.5, 0.6) is 0 Å². The standard InChI is InChI=1S/C14H12N2OS/c17-8-12-7-13(16-9-15-12)10-3-4-14-11(6-10)2-1-5-18-14/h3-4,6-9H,1-2,5H2. The van der Waals surface area contributed by atoms with E-state index in [9.17, 15) is 4.79 Å². The molecule has 0 unspecified atom stereocenters. The summed E-state index contributed by atoms with van der Waals surface area (Å²) in [6, 6.07) is 8.12. The third-order valence-corrected chi connectivity index (χ3v) is 4.22. The summed E-state index contributed by atoms with van der Waals surface area (Å²) in [4.78, 5) is 20.2. The maximum Gasteiger partial charge on any atom is 0.168 e. The Morgan fingerprint density at radius 2 is 2.17 bits per heavy atom. The normalized spacial score (nSPS) is 14.0. The third kappa shape index (κ3) is 2.16. The molecule has 4 heteroatoms. The minimum absolute atomic E-state index is 0.423. The molecule has 1 aliphatic rings. The smallest absolute Gasteiger partial charge is 0.168 e. The second-order valence-corrected chi connectivity index (χ2v) is 5.36. The highest BCUT2D eigenvalue weighted by molar-refractivity contribution is 7.99. The maximum atomic E-state index is 10.7. The van der Waals surface area contributed by atoms with Crippen molar-refractivity contribution in [1.29, 1.82) is 0 Å². The first kappa shape index (κ1) is 11.4. The Bertz CT molecular complexity index is 598. The summed E-state index contributed by atoms with van der Waals surface area (Å²) in [5, 5.41) is 0. The van der Waals surface area contributed by atoms with Crippen LogP contribution in [0, 0.1) is 0 Å². The monoisotopic (exact) mass is 256 g/mol. The summed E-state index contributed by atoms with van der Waals surface area (Å²) < 4.78 is 0. The lowest BCUT2D eigenvalue weighted by molar-refractivity contribution is 0.111. The van der Waals surface area contributed by atoms with Crippen molar-refractivity contribution < 1.29 is 4.79 Å². The molecule has 2 heterocycles. The Kier molecular flexibility index (Phi) is 3.11. The molecule has 0 saturated heterocycles. The zero-order valence-electron chi connectivity index (χ0n) is 9.80. The molecule has 3 rings (SSSR count). The molecule has 2 aromatic rings. The largest absolute Gasteiger partial charge is 0.296 e. The Labute approximate surface area is 110 Å². The van der Waals surface area contributed by atoms with Gasteiger partial charge < -0.3 is 0 Å². The Morgan fingerprint density at radius 3 is 3.06 bits per heavy atom. The molecule has 0 saturated carbocycles. The summed E-state index contributed by atoms with van der Waals surface area (Å²) in [6.45, 7) is 0. The molecule has 18 heavy (non-hydrogen) atoms. The van der Waals surface area contributed by atoms with Crippen molar-refractivity contribution in [2.75, 3.05) is 5.75 Å². The van der Waals surface area contributed by atoms with Gasteiger partial charge in [0.05, 0.1) is 5.69 Å². The number of fused-ring (bicyclic) bond motifs is 1. The highest BCUT2D eigenvalue weighted by atomic mass is 32.2. The van der Waals surface area contributed by atoms with E-state index in [0.29, 0.717) is 5.69 Å². The van der Waals surface area contributed by atoms with Crippen molar-refractivity contribution >= 4 is 18.0 Å². The van der Waals surface area contributed by atoms with Crippen LogP contribution >= 0.6 is 11.8 Å². The number of nitrogens with zero attached hydrogens (tertiary/aromatic N) is 2. The van der Waals surface area contributed by atoms with E-state index in [4.69, 9.17) is 0 Å².